The zero-order valence-electron chi connectivity index (χ0n) is 16.0. The van der Waals surface area contributed by atoms with E-state index in [1.807, 2.05) is 25.1 Å². The number of carbonyl (C=O) groups is 1. The van der Waals surface area contributed by atoms with Crippen LogP contribution in [0.3, 0.4) is 0 Å². The molecular weight excluding hydrogens is 408 g/mol. The van der Waals surface area contributed by atoms with Gasteiger partial charge in [0.25, 0.3) is 5.91 Å². The lowest BCUT2D eigenvalue weighted by molar-refractivity contribution is -0.120. The van der Waals surface area contributed by atoms with Gasteiger partial charge >= 0.3 is 0 Å². The van der Waals surface area contributed by atoms with Crippen molar-refractivity contribution in [1.29, 1.82) is 0 Å². The average molecular weight is 425 g/mol. The molecule has 4 rings (SSSR count). The Hall–Kier alpha value is -3.39. The van der Waals surface area contributed by atoms with Crippen LogP contribution in [0.4, 0.5) is 13.9 Å². The lowest BCUT2D eigenvalue weighted by atomic mass is 10.2. The number of rotatable bonds is 6. The maximum atomic E-state index is 14.1. The molecule has 152 valence electrons. The van der Waals surface area contributed by atoms with E-state index < -0.39 is 11.6 Å². The Balaban J connectivity index is 1.63. The van der Waals surface area contributed by atoms with Gasteiger partial charge in [0.15, 0.2) is 17.6 Å². The number of thiazole rings is 1. The van der Waals surface area contributed by atoms with Gasteiger partial charge in [-0.05, 0) is 36.8 Å². The Morgan fingerprint density at radius 1 is 1.17 bits per heavy atom. The fraction of sp³-hybridized carbons (Fsp3) is 0.136. The van der Waals surface area contributed by atoms with E-state index in [2.05, 4.69) is 9.97 Å². The maximum absolute atomic E-state index is 14.1. The highest BCUT2D eigenvalue weighted by Crippen LogP contribution is 2.32. The number of nitrogens with zero attached hydrogens (tertiary/aromatic N) is 3. The van der Waals surface area contributed by atoms with E-state index in [9.17, 15) is 13.6 Å². The minimum Gasteiger partial charge on any atom is -0.484 e. The molecule has 0 atom stereocenters. The van der Waals surface area contributed by atoms with Gasteiger partial charge in [-0.2, -0.15) is 0 Å². The predicted octanol–water partition coefficient (Wildman–Crippen LogP) is 4.89. The number of pyridine rings is 1. The first-order valence-electron chi connectivity index (χ1n) is 9.14. The van der Waals surface area contributed by atoms with Crippen molar-refractivity contribution in [3.8, 4) is 5.75 Å². The lowest BCUT2D eigenvalue weighted by Crippen LogP contribution is -2.34. The standard InChI is InChI=1S/C22H17F2N3O2S/c1-14-4-6-17(7-5-14)29-13-20(28)27(12-15-3-2-8-25-11-15)22-26-21-18(24)9-16(23)10-19(21)30-22/h2-11H,12-13H2,1H3. The molecule has 2 heterocycles. The molecule has 30 heavy (non-hydrogen) atoms. The van der Waals surface area contributed by atoms with Gasteiger partial charge in [0.2, 0.25) is 0 Å². The third-order valence-corrected chi connectivity index (χ3v) is 5.41. The number of hydrogen-bond acceptors (Lipinski definition) is 5. The number of halogens is 2. The zero-order valence-corrected chi connectivity index (χ0v) is 16.8. The summed E-state index contributed by atoms with van der Waals surface area (Å²) in [7, 11) is 0. The van der Waals surface area contributed by atoms with E-state index in [4.69, 9.17) is 4.74 Å². The SMILES string of the molecule is Cc1ccc(OCC(=O)N(Cc2cccnc2)c2nc3c(F)cc(F)cc3s2)cc1. The van der Waals surface area contributed by atoms with Gasteiger partial charge in [-0.25, -0.2) is 13.8 Å². The van der Waals surface area contributed by atoms with Crippen molar-refractivity contribution in [2.75, 3.05) is 11.5 Å². The molecule has 0 bridgehead atoms. The monoisotopic (exact) mass is 425 g/mol. The second kappa shape index (κ2) is 8.54. The van der Waals surface area contributed by atoms with Crippen molar-refractivity contribution in [3.63, 3.8) is 0 Å². The molecule has 0 saturated carbocycles. The third kappa shape index (κ3) is 4.44. The van der Waals surface area contributed by atoms with Crippen molar-refractivity contribution >= 4 is 32.6 Å². The summed E-state index contributed by atoms with van der Waals surface area (Å²) in [6.07, 6.45) is 3.26. The molecular formula is C22H17F2N3O2S. The summed E-state index contributed by atoms with van der Waals surface area (Å²) in [5, 5.41) is 0.260. The molecule has 4 aromatic rings. The topological polar surface area (TPSA) is 55.3 Å². The molecule has 0 radical (unpaired) electrons. The van der Waals surface area contributed by atoms with Crippen LogP contribution in [-0.2, 0) is 11.3 Å². The van der Waals surface area contributed by atoms with Crippen LogP contribution in [0, 0.1) is 18.6 Å². The first-order chi connectivity index (χ1) is 14.5. The summed E-state index contributed by atoms with van der Waals surface area (Å²) < 4.78 is 33.6. The van der Waals surface area contributed by atoms with E-state index >= 15 is 0 Å². The number of anilines is 1. The van der Waals surface area contributed by atoms with Gasteiger partial charge in [0, 0.05) is 18.5 Å². The Bertz CT molecular complexity index is 1180. The summed E-state index contributed by atoms with van der Waals surface area (Å²) in [6.45, 7) is 1.91. The molecule has 0 aliphatic rings. The Morgan fingerprint density at radius 2 is 1.97 bits per heavy atom. The van der Waals surface area contributed by atoms with Gasteiger partial charge in [0.05, 0.1) is 11.2 Å². The van der Waals surface area contributed by atoms with E-state index in [-0.39, 0.29) is 29.7 Å². The van der Waals surface area contributed by atoms with Crippen LogP contribution in [0.2, 0.25) is 0 Å². The molecule has 0 aliphatic carbocycles. The molecule has 5 nitrogen and oxygen atoms in total. The van der Waals surface area contributed by atoms with Crippen molar-refractivity contribution < 1.29 is 18.3 Å². The Morgan fingerprint density at radius 3 is 2.70 bits per heavy atom. The summed E-state index contributed by atoms with van der Waals surface area (Å²) in [4.78, 5) is 22.7. The normalized spacial score (nSPS) is 10.9. The van der Waals surface area contributed by atoms with E-state index in [1.54, 1.807) is 30.6 Å². The largest absolute Gasteiger partial charge is 0.484 e. The summed E-state index contributed by atoms with van der Waals surface area (Å²) in [6, 6.07) is 12.9. The van der Waals surface area contributed by atoms with Crippen molar-refractivity contribution in [2.45, 2.75) is 13.5 Å². The zero-order chi connectivity index (χ0) is 21.1. The second-order valence-electron chi connectivity index (χ2n) is 6.67. The van der Waals surface area contributed by atoms with Crippen LogP contribution in [0.1, 0.15) is 11.1 Å². The molecule has 8 heteroatoms. The molecule has 0 N–H and O–H groups in total. The van der Waals surface area contributed by atoms with Crippen LogP contribution in [0.25, 0.3) is 10.2 Å². The number of fused-ring (bicyclic) bond motifs is 1. The average Bonchev–Trinajstić information content (AvgIpc) is 3.16. The molecule has 0 unspecified atom stereocenters. The van der Waals surface area contributed by atoms with Gasteiger partial charge in [0.1, 0.15) is 17.1 Å². The highest BCUT2D eigenvalue weighted by atomic mass is 32.1. The molecule has 2 aromatic carbocycles. The number of aryl methyl sites for hydroxylation is 1. The van der Waals surface area contributed by atoms with Crippen LogP contribution in [0.15, 0.2) is 60.9 Å². The number of aromatic nitrogens is 2. The van der Waals surface area contributed by atoms with Crippen molar-refractivity contribution in [2.24, 2.45) is 0 Å². The fourth-order valence-corrected chi connectivity index (χ4v) is 3.88. The maximum Gasteiger partial charge on any atom is 0.267 e. The fourth-order valence-electron chi connectivity index (χ4n) is 2.86. The third-order valence-electron chi connectivity index (χ3n) is 4.38. The van der Waals surface area contributed by atoms with Crippen molar-refractivity contribution in [1.82, 2.24) is 9.97 Å². The van der Waals surface area contributed by atoms with Gasteiger partial charge in [-0.3, -0.25) is 14.7 Å². The van der Waals surface area contributed by atoms with E-state index in [0.29, 0.717) is 10.4 Å². The lowest BCUT2D eigenvalue weighted by Gasteiger charge is -2.20. The number of amides is 1. The summed E-state index contributed by atoms with van der Waals surface area (Å²) in [5.74, 6) is -1.26. The summed E-state index contributed by atoms with van der Waals surface area (Å²) in [5.41, 5.74) is 1.88. The molecule has 0 fully saturated rings. The molecule has 2 aromatic heterocycles. The second-order valence-corrected chi connectivity index (χ2v) is 7.68. The first-order valence-corrected chi connectivity index (χ1v) is 9.95. The molecule has 0 aliphatic heterocycles. The number of hydrogen-bond donors (Lipinski definition) is 0. The number of benzene rings is 2. The Labute approximate surface area is 175 Å². The highest BCUT2D eigenvalue weighted by Gasteiger charge is 2.22. The van der Waals surface area contributed by atoms with E-state index in [1.165, 1.54) is 11.0 Å². The molecule has 0 spiro atoms. The minimum absolute atomic E-state index is 0.0276. The van der Waals surface area contributed by atoms with Crippen molar-refractivity contribution in [3.05, 3.63) is 83.7 Å². The van der Waals surface area contributed by atoms with Crippen LogP contribution in [0.5, 0.6) is 5.75 Å². The predicted molar refractivity (Wildman–Crippen MR) is 112 cm³/mol. The molecule has 1 amide bonds. The van der Waals surface area contributed by atoms with Crippen LogP contribution < -0.4 is 9.64 Å². The van der Waals surface area contributed by atoms with Gasteiger partial charge in [-0.1, -0.05) is 35.1 Å². The smallest absolute Gasteiger partial charge is 0.267 e. The summed E-state index contributed by atoms with van der Waals surface area (Å²) >= 11 is 1.04. The molecule has 0 saturated heterocycles. The van der Waals surface area contributed by atoms with Gasteiger partial charge in [-0.15, -0.1) is 0 Å². The van der Waals surface area contributed by atoms with Gasteiger partial charge < -0.3 is 4.74 Å². The highest BCUT2D eigenvalue weighted by molar-refractivity contribution is 7.22. The first kappa shape index (κ1) is 19.9. The quantitative estimate of drug-likeness (QED) is 0.441. The minimum atomic E-state index is -0.766. The number of carbonyl (C=O) groups excluding carboxylic acids is 1. The van der Waals surface area contributed by atoms with Crippen LogP contribution >= 0.6 is 11.3 Å². The van der Waals surface area contributed by atoms with Crippen LogP contribution in [-0.4, -0.2) is 22.5 Å². The van der Waals surface area contributed by atoms with E-state index in [0.717, 1.165) is 28.5 Å². The number of ether oxygens (including phenoxy) is 1. The Kier molecular flexibility index (Phi) is 5.67.